The number of hydrogen-bond acceptors (Lipinski definition) is 3. The maximum absolute atomic E-state index is 14.1. The van der Waals surface area contributed by atoms with Gasteiger partial charge in [0.15, 0.2) is 5.60 Å². The summed E-state index contributed by atoms with van der Waals surface area (Å²) in [6, 6.07) is 7.41. The van der Waals surface area contributed by atoms with Gasteiger partial charge < -0.3 is 14.7 Å². The Morgan fingerprint density at radius 1 is 1.03 bits per heavy atom. The minimum absolute atomic E-state index is 0.126. The van der Waals surface area contributed by atoms with Gasteiger partial charge in [-0.15, -0.1) is 0 Å². The monoisotopic (exact) mass is 441 g/mol. The van der Waals surface area contributed by atoms with Gasteiger partial charge in [0, 0.05) is 23.4 Å². The van der Waals surface area contributed by atoms with Gasteiger partial charge in [0.25, 0.3) is 0 Å². The zero-order valence-corrected chi connectivity index (χ0v) is 17.4. The Kier molecular flexibility index (Phi) is 6.06. The van der Waals surface area contributed by atoms with Crippen molar-refractivity contribution in [3.8, 4) is 5.75 Å². The number of anilines is 1. The number of aliphatic hydroxyl groups is 1. The third-order valence-electron chi connectivity index (χ3n) is 5.56. The zero-order chi connectivity index (χ0) is 23.0. The van der Waals surface area contributed by atoms with E-state index < -0.39 is 41.8 Å². The van der Waals surface area contributed by atoms with Crippen LogP contribution in [0.1, 0.15) is 31.4 Å². The molecule has 0 aromatic heterocycles. The Balaban J connectivity index is 1.97. The largest absolute Gasteiger partial charge is 0.496 e. The first kappa shape index (κ1) is 23.1. The number of hydrogen-bond donors (Lipinski definition) is 1. The summed E-state index contributed by atoms with van der Waals surface area (Å²) in [5.74, 6) is -0.884. The van der Waals surface area contributed by atoms with Crippen molar-refractivity contribution in [2.75, 3.05) is 25.1 Å². The lowest BCUT2D eigenvalue weighted by molar-refractivity contribution is -0.262. The normalized spacial score (nSPS) is 16.1. The van der Waals surface area contributed by atoms with Crippen LogP contribution in [0.25, 0.3) is 6.08 Å². The van der Waals surface area contributed by atoms with Crippen molar-refractivity contribution in [2.24, 2.45) is 0 Å². The molecule has 1 heterocycles. The molecule has 31 heavy (non-hydrogen) atoms. The van der Waals surface area contributed by atoms with Gasteiger partial charge in [-0.1, -0.05) is 26.0 Å². The Bertz CT molecular complexity index is 986. The fourth-order valence-electron chi connectivity index (χ4n) is 4.10. The topological polar surface area (TPSA) is 32.7 Å². The second-order valence-corrected chi connectivity index (χ2v) is 8.42. The molecule has 0 fully saturated rings. The Hall–Kier alpha value is -2.61. The highest BCUT2D eigenvalue weighted by Gasteiger charge is 2.57. The van der Waals surface area contributed by atoms with E-state index in [0.29, 0.717) is 11.3 Å². The van der Waals surface area contributed by atoms with Crippen molar-refractivity contribution in [3.05, 3.63) is 65.2 Å². The lowest BCUT2D eigenvalue weighted by atomic mass is 9.74. The van der Waals surface area contributed by atoms with Gasteiger partial charge in [0.05, 0.1) is 13.7 Å². The minimum Gasteiger partial charge on any atom is -0.496 e. The van der Waals surface area contributed by atoms with E-state index in [9.17, 15) is 27.1 Å². The van der Waals surface area contributed by atoms with Crippen LogP contribution in [0.4, 0.5) is 27.6 Å². The van der Waals surface area contributed by atoms with E-state index in [-0.39, 0.29) is 17.9 Å². The number of halogens is 5. The van der Waals surface area contributed by atoms with E-state index in [4.69, 9.17) is 4.74 Å². The van der Waals surface area contributed by atoms with Gasteiger partial charge in [-0.2, -0.15) is 13.2 Å². The van der Waals surface area contributed by atoms with Crippen LogP contribution in [-0.4, -0.2) is 37.1 Å². The van der Waals surface area contributed by atoms with Crippen LogP contribution in [0, 0.1) is 11.6 Å². The summed E-state index contributed by atoms with van der Waals surface area (Å²) >= 11 is 0. The van der Waals surface area contributed by atoms with E-state index in [1.165, 1.54) is 50.1 Å². The zero-order valence-electron chi connectivity index (χ0n) is 17.4. The number of benzene rings is 2. The summed E-state index contributed by atoms with van der Waals surface area (Å²) in [5, 5.41) is 10.9. The first-order valence-electron chi connectivity index (χ1n) is 9.70. The van der Waals surface area contributed by atoms with Gasteiger partial charge >= 0.3 is 6.18 Å². The van der Waals surface area contributed by atoms with Crippen molar-refractivity contribution in [1.82, 2.24) is 0 Å². The maximum Gasteiger partial charge on any atom is 0.418 e. The van der Waals surface area contributed by atoms with Crippen LogP contribution in [0.5, 0.6) is 5.75 Å². The molecule has 1 aliphatic rings. The molecule has 168 valence electrons. The van der Waals surface area contributed by atoms with Crippen LogP contribution in [0.15, 0.2) is 42.5 Å². The summed E-state index contributed by atoms with van der Waals surface area (Å²) in [5.41, 5.74) is -3.35. The summed E-state index contributed by atoms with van der Waals surface area (Å²) in [4.78, 5) is 1.36. The van der Waals surface area contributed by atoms with Crippen molar-refractivity contribution < 1.29 is 31.8 Å². The molecular weight excluding hydrogens is 417 g/mol. The first-order valence-corrected chi connectivity index (χ1v) is 9.70. The van der Waals surface area contributed by atoms with Gasteiger partial charge in [-0.25, -0.2) is 8.78 Å². The SMILES string of the molecule is COc1ccc(F)cc1C(C)(C)CC(O)(CN1CC=Cc2cc(F)ccc21)C(F)(F)F. The second-order valence-electron chi connectivity index (χ2n) is 8.42. The molecule has 1 atom stereocenters. The average molecular weight is 441 g/mol. The molecular formula is C23H24F5NO2. The number of β-amino-alcohol motifs (C(OH)–C–C–N with tert-alkyl or cyclic N) is 1. The predicted octanol–water partition coefficient (Wildman–Crippen LogP) is 5.47. The Morgan fingerprint density at radius 2 is 1.68 bits per heavy atom. The molecule has 0 saturated heterocycles. The number of alkyl halides is 3. The quantitative estimate of drug-likeness (QED) is 0.604. The molecule has 0 radical (unpaired) electrons. The van der Waals surface area contributed by atoms with Gasteiger partial charge in [-0.05, 0) is 48.2 Å². The molecule has 1 N–H and O–H groups in total. The van der Waals surface area contributed by atoms with E-state index in [1.54, 1.807) is 12.2 Å². The first-order chi connectivity index (χ1) is 14.4. The Morgan fingerprint density at radius 3 is 2.32 bits per heavy atom. The van der Waals surface area contributed by atoms with E-state index in [1.807, 2.05) is 0 Å². The predicted molar refractivity (Wildman–Crippen MR) is 109 cm³/mol. The standard InChI is InChI=1S/C23H24F5NO2/c1-21(2,18-12-17(25)7-9-20(18)31-3)13-22(30,23(26,27)28)14-29-10-4-5-15-11-16(24)6-8-19(15)29/h4-9,11-12,30H,10,13-14H2,1-3H3. The molecule has 1 aliphatic heterocycles. The van der Waals surface area contributed by atoms with Crippen LogP contribution < -0.4 is 9.64 Å². The summed E-state index contributed by atoms with van der Waals surface area (Å²) in [6.07, 6.45) is -2.46. The van der Waals surface area contributed by atoms with Gasteiger partial charge in [-0.3, -0.25) is 0 Å². The smallest absolute Gasteiger partial charge is 0.418 e. The molecule has 3 rings (SSSR count). The minimum atomic E-state index is -4.97. The molecule has 8 heteroatoms. The van der Waals surface area contributed by atoms with Crippen LogP contribution in [0.2, 0.25) is 0 Å². The summed E-state index contributed by atoms with van der Waals surface area (Å²) in [6.45, 7) is 2.36. The molecule has 0 aliphatic carbocycles. The third-order valence-corrected chi connectivity index (χ3v) is 5.56. The average Bonchev–Trinajstić information content (AvgIpc) is 2.66. The highest BCUT2D eigenvalue weighted by molar-refractivity contribution is 5.71. The summed E-state index contributed by atoms with van der Waals surface area (Å²) in [7, 11) is 1.35. The van der Waals surface area contributed by atoms with Gasteiger partial charge in [0.1, 0.15) is 17.4 Å². The number of methoxy groups -OCH3 is 1. The molecule has 0 saturated carbocycles. The number of ether oxygens (including phenoxy) is 1. The van der Waals surface area contributed by atoms with Crippen molar-refractivity contribution in [3.63, 3.8) is 0 Å². The lowest BCUT2D eigenvalue weighted by Gasteiger charge is -2.42. The summed E-state index contributed by atoms with van der Waals surface area (Å²) < 4.78 is 75.1. The second kappa shape index (κ2) is 8.15. The van der Waals surface area contributed by atoms with Crippen LogP contribution in [-0.2, 0) is 5.41 Å². The third kappa shape index (κ3) is 4.69. The fraction of sp³-hybridized carbons (Fsp3) is 0.391. The molecule has 2 aromatic carbocycles. The number of fused-ring (bicyclic) bond motifs is 1. The molecule has 1 unspecified atom stereocenters. The maximum atomic E-state index is 14.1. The van der Waals surface area contributed by atoms with E-state index >= 15 is 0 Å². The highest BCUT2D eigenvalue weighted by atomic mass is 19.4. The van der Waals surface area contributed by atoms with E-state index in [0.717, 1.165) is 12.1 Å². The van der Waals surface area contributed by atoms with Crippen LogP contribution in [0.3, 0.4) is 0 Å². The van der Waals surface area contributed by atoms with Gasteiger partial charge in [0.2, 0.25) is 0 Å². The number of nitrogens with zero attached hydrogens (tertiary/aromatic N) is 1. The molecule has 0 bridgehead atoms. The lowest BCUT2D eigenvalue weighted by Crippen LogP contribution is -2.56. The number of rotatable bonds is 6. The highest BCUT2D eigenvalue weighted by Crippen LogP contribution is 2.45. The van der Waals surface area contributed by atoms with Crippen LogP contribution >= 0.6 is 0 Å². The molecule has 3 nitrogen and oxygen atoms in total. The van der Waals surface area contributed by atoms with Crippen molar-refractivity contribution >= 4 is 11.8 Å². The fourth-order valence-corrected chi connectivity index (χ4v) is 4.10. The van der Waals surface area contributed by atoms with Crippen molar-refractivity contribution in [2.45, 2.75) is 37.5 Å². The molecule has 0 spiro atoms. The molecule has 2 aromatic rings. The van der Waals surface area contributed by atoms with Crippen molar-refractivity contribution in [1.29, 1.82) is 0 Å². The Labute approximate surface area is 177 Å². The molecule has 0 amide bonds. The van der Waals surface area contributed by atoms with E-state index in [2.05, 4.69) is 0 Å².